The first-order valence-electron chi connectivity index (χ1n) is 9.81. The predicted octanol–water partition coefficient (Wildman–Crippen LogP) is 3.86. The number of imidazole rings is 1. The summed E-state index contributed by atoms with van der Waals surface area (Å²) in [6, 6.07) is 18.5. The van der Waals surface area contributed by atoms with Gasteiger partial charge in [-0.3, -0.25) is 4.79 Å². The van der Waals surface area contributed by atoms with Gasteiger partial charge in [-0.25, -0.2) is 4.98 Å². The molecule has 2 heterocycles. The first kappa shape index (κ1) is 20.3. The second kappa shape index (κ2) is 9.21. The van der Waals surface area contributed by atoms with E-state index >= 15 is 0 Å². The summed E-state index contributed by atoms with van der Waals surface area (Å²) in [6.45, 7) is 0.613. The van der Waals surface area contributed by atoms with Gasteiger partial charge in [0.1, 0.15) is 18.0 Å². The van der Waals surface area contributed by atoms with Crippen LogP contribution in [0.15, 0.2) is 73.1 Å². The maximum Gasteiger partial charge on any atom is 0.255 e. The van der Waals surface area contributed by atoms with Crippen LogP contribution >= 0.6 is 0 Å². The van der Waals surface area contributed by atoms with Gasteiger partial charge in [-0.1, -0.05) is 24.3 Å². The molecule has 7 heteroatoms. The summed E-state index contributed by atoms with van der Waals surface area (Å²) in [7, 11) is 3.17. The standard InChI is InChI=1S/C24H23N3O4/c1-29-21-11-10-17(13-22(21)30-2)14-25-24(28)19-7-3-4-8-20(19)31-16-18-15-27-12-6-5-9-23(27)26-18/h3-13,15H,14,16H2,1-2H3,(H,25,28). The highest BCUT2D eigenvalue weighted by Gasteiger charge is 2.13. The Bertz CT molecular complexity index is 1170. The fourth-order valence-electron chi connectivity index (χ4n) is 3.26. The number of pyridine rings is 1. The number of hydrogen-bond donors (Lipinski definition) is 1. The number of carbonyl (C=O) groups excluding carboxylic acids is 1. The SMILES string of the molecule is COc1ccc(CNC(=O)c2ccccc2OCc2cn3ccccc3n2)cc1OC. The molecule has 0 fully saturated rings. The number of benzene rings is 2. The lowest BCUT2D eigenvalue weighted by molar-refractivity contribution is 0.0946. The van der Waals surface area contributed by atoms with Crippen molar-refractivity contribution in [3.63, 3.8) is 0 Å². The van der Waals surface area contributed by atoms with Crippen molar-refractivity contribution < 1.29 is 19.0 Å². The fraction of sp³-hybridized carbons (Fsp3) is 0.167. The first-order valence-corrected chi connectivity index (χ1v) is 9.81. The molecule has 31 heavy (non-hydrogen) atoms. The van der Waals surface area contributed by atoms with Crippen LogP contribution in [0.2, 0.25) is 0 Å². The molecule has 1 amide bonds. The van der Waals surface area contributed by atoms with Crippen LogP contribution < -0.4 is 19.5 Å². The highest BCUT2D eigenvalue weighted by Crippen LogP contribution is 2.27. The Hall–Kier alpha value is -4.00. The number of nitrogens with one attached hydrogen (secondary N) is 1. The Morgan fingerprint density at radius 1 is 0.968 bits per heavy atom. The van der Waals surface area contributed by atoms with Gasteiger partial charge in [0.05, 0.1) is 25.5 Å². The fourth-order valence-corrected chi connectivity index (χ4v) is 3.26. The molecule has 0 unspecified atom stereocenters. The molecule has 158 valence electrons. The van der Waals surface area contributed by atoms with Gasteiger partial charge in [0, 0.05) is 18.9 Å². The van der Waals surface area contributed by atoms with Gasteiger partial charge >= 0.3 is 0 Å². The minimum Gasteiger partial charge on any atom is -0.493 e. The molecule has 1 N–H and O–H groups in total. The highest BCUT2D eigenvalue weighted by molar-refractivity contribution is 5.96. The Morgan fingerprint density at radius 3 is 2.58 bits per heavy atom. The predicted molar refractivity (Wildman–Crippen MR) is 117 cm³/mol. The average Bonchev–Trinajstić information content (AvgIpc) is 3.24. The summed E-state index contributed by atoms with van der Waals surface area (Å²) in [4.78, 5) is 17.3. The van der Waals surface area contributed by atoms with E-state index in [9.17, 15) is 4.79 Å². The lowest BCUT2D eigenvalue weighted by Gasteiger charge is -2.12. The largest absolute Gasteiger partial charge is 0.493 e. The van der Waals surface area contributed by atoms with E-state index in [2.05, 4.69) is 10.3 Å². The van der Waals surface area contributed by atoms with E-state index in [0.717, 1.165) is 16.9 Å². The molecule has 0 aliphatic heterocycles. The number of amides is 1. The van der Waals surface area contributed by atoms with Crippen molar-refractivity contribution in [2.45, 2.75) is 13.2 Å². The molecule has 4 rings (SSSR count). The van der Waals surface area contributed by atoms with Crippen LogP contribution in [0.4, 0.5) is 0 Å². The summed E-state index contributed by atoms with van der Waals surface area (Å²) in [6.07, 6.45) is 3.84. The number of para-hydroxylation sites is 1. The summed E-state index contributed by atoms with van der Waals surface area (Å²) < 4.78 is 18.4. The highest BCUT2D eigenvalue weighted by atomic mass is 16.5. The van der Waals surface area contributed by atoms with Gasteiger partial charge in [-0.05, 0) is 42.0 Å². The zero-order valence-electron chi connectivity index (χ0n) is 17.4. The Labute approximate surface area is 180 Å². The van der Waals surface area contributed by atoms with Gasteiger partial charge in [0.15, 0.2) is 11.5 Å². The zero-order valence-corrected chi connectivity index (χ0v) is 17.4. The molecule has 0 aliphatic rings. The smallest absolute Gasteiger partial charge is 0.255 e. The minimum atomic E-state index is -0.222. The number of ether oxygens (including phenoxy) is 3. The zero-order chi connectivity index (χ0) is 21.6. The van der Waals surface area contributed by atoms with E-state index in [0.29, 0.717) is 29.4 Å². The molecule has 0 radical (unpaired) electrons. The summed E-state index contributed by atoms with van der Waals surface area (Å²) in [5, 5.41) is 2.93. The number of nitrogens with zero attached hydrogens (tertiary/aromatic N) is 2. The molecule has 0 atom stereocenters. The second-order valence-corrected chi connectivity index (χ2v) is 6.86. The van der Waals surface area contributed by atoms with E-state index in [4.69, 9.17) is 14.2 Å². The summed E-state index contributed by atoms with van der Waals surface area (Å²) in [5.74, 6) is 1.54. The Kier molecular flexibility index (Phi) is 6.03. The molecule has 7 nitrogen and oxygen atoms in total. The van der Waals surface area contributed by atoms with Crippen LogP contribution in [0.1, 0.15) is 21.6 Å². The number of methoxy groups -OCH3 is 2. The molecule has 4 aromatic rings. The molecule has 0 saturated carbocycles. The van der Waals surface area contributed by atoms with E-state index in [1.54, 1.807) is 26.4 Å². The molecule has 2 aromatic heterocycles. The molecule has 0 aliphatic carbocycles. The third-order valence-electron chi connectivity index (χ3n) is 4.82. The molecular weight excluding hydrogens is 394 g/mol. The maximum absolute atomic E-state index is 12.8. The lowest BCUT2D eigenvalue weighted by Crippen LogP contribution is -2.23. The van der Waals surface area contributed by atoms with Crippen LogP contribution in [0.3, 0.4) is 0 Å². The normalized spacial score (nSPS) is 10.6. The van der Waals surface area contributed by atoms with Crippen LogP contribution in [0.25, 0.3) is 5.65 Å². The number of carbonyl (C=O) groups is 1. The van der Waals surface area contributed by atoms with Crippen molar-refractivity contribution in [2.75, 3.05) is 14.2 Å². The van der Waals surface area contributed by atoms with E-state index in [1.807, 2.05) is 65.3 Å². The number of rotatable bonds is 8. The third kappa shape index (κ3) is 4.61. The number of fused-ring (bicyclic) bond motifs is 1. The Balaban J connectivity index is 1.43. The molecular formula is C24H23N3O4. The summed E-state index contributed by atoms with van der Waals surface area (Å²) in [5.41, 5.74) is 3.00. The molecule has 0 bridgehead atoms. The average molecular weight is 417 g/mol. The van der Waals surface area contributed by atoms with Crippen LogP contribution in [-0.2, 0) is 13.2 Å². The number of aromatic nitrogens is 2. The van der Waals surface area contributed by atoms with Gasteiger partial charge in [-0.2, -0.15) is 0 Å². The lowest BCUT2D eigenvalue weighted by atomic mass is 10.1. The van der Waals surface area contributed by atoms with Crippen LogP contribution in [-0.4, -0.2) is 29.5 Å². The van der Waals surface area contributed by atoms with Crippen molar-refractivity contribution >= 4 is 11.6 Å². The Morgan fingerprint density at radius 2 is 1.77 bits per heavy atom. The molecule has 0 spiro atoms. The van der Waals surface area contributed by atoms with E-state index < -0.39 is 0 Å². The number of hydrogen-bond acceptors (Lipinski definition) is 5. The van der Waals surface area contributed by atoms with Crippen LogP contribution in [0.5, 0.6) is 17.2 Å². The first-order chi connectivity index (χ1) is 15.2. The van der Waals surface area contributed by atoms with Crippen molar-refractivity contribution in [2.24, 2.45) is 0 Å². The van der Waals surface area contributed by atoms with Gasteiger partial charge in [0.25, 0.3) is 5.91 Å². The maximum atomic E-state index is 12.8. The van der Waals surface area contributed by atoms with Crippen LogP contribution in [0, 0.1) is 0 Å². The molecule has 2 aromatic carbocycles. The van der Waals surface area contributed by atoms with Gasteiger partial charge < -0.3 is 23.9 Å². The van der Waals surface area contributed by atoms with Crippen molar-refractivity contribution in [1.29, 1.82) is 0 Å². The summed E-state index contributed by atoms with van der Waals surface area (Å²) >= 11 is 0. The van der Waals surface area contributed by atoms with Gasteiger partial charge in [-0.15, -0.1) is 0 Å². The molecule has 0 saturated heterocycles. The van der Waals surface area contributed by atoms with Crippen molar-refractivity contribution in [1.82, 2.24) is 14.7 Å². The van der Waals surface area contributed by atoms with Gasteiger partial charge in [0.2, 0.25) is 0 Å². The quantitative estimate of drug-likeness (QED) is 0.471. The topological polar surface area (TPSA) is 74.1 Å². The minimum absolute atomic E-state index is 0.222. The monoisotopic (exact) mass is 417 g/mol. The second-order valence-electron chi connectivity index (χ2n) is 6.86. The van der Waals surface area contributed by atoms with Crippen molar-refractivity contribution in [3.05, 3.63) is 89.9 Å². The third-order valence-corrected chi connectivity index (χ3v) is 4.82. The van der Waals surface area contributed by atoms with E-state index in [-0.39, 0.29) is 12.5 Å². The van der Waals surface area contributed by atoms with Crippen molar-refractivity contribution in [3.8, 4) is 17.2 Å². The van der Waals surface area contributed by atoms with E-state index in [1.165, 1.54) is 0 Å².